The number of alkyl halides is 1. The van der Waals surface area contributed by atoms with Gasteiger partial charge in [0.1, 0.15) is 0 Å². The largest absolute Gasteiger partial charge is 0.465 e. The quantitative estimate of drug-likeness (QED) is 0.237. The maximum Gasteiger partial charge on any atom is 0.417 e. The lowest BCUT2D eigenvalue weighted by Gasteiger charge is -2.12. The summed E-state index contributed by atoms with van der Waals surface area (Å²) in [4.78, 5) is 20.1. The van der Waals surface area contributed by atoms with Crippen molar-refractivity contribution in [3.63, 3.8) is 0 Å². The van der Waals surface area contributed by atoms with Crippen molar-refractivity contribution in [1.29, 1.82) is 0 Å². The molecule has 20 heavy (non-hydrogen) atoms. The second-order valence-electron chi connectivity index (χ2n) is 3.37. The Morgan fingerprint density at radius 2 is 2.00 bits per heavy atom. The zero-order chi connectivity index (χ0) is 16.1. The van der Waals surface area contributed by atoms with Crippen LogP contribution in [-0.2, 0) is 0 Å². The maximum atomic E-state index is 10.2. The number of hydrogen-bond donors (Lipinski definition) is 3. The summed E-state index contributed by atoms with van der Waals surface area (Å²) in [5, 5.41) is 18.8. The van der Waals surface area contributed by atoms with Crippen LogP contribution >= 0.6 is 45.5 Å². The summed E-state index contributed by atoms with van der Waals surface area (Å²) in [5.41, 5.74) is 0. The summed E-state index contributed by atoms with van der Waals surface area (Å²) in [7, 11) is 0. The second-order valence-corrected chi connectivity index (χ2v) is 6.50. The summed E-state index contributed by atoms with van der Waals surface area (Å²) in [5.74, 6) is 8.03. The average molecular weight is 506 g/mol. The summed E-state index contributed by atoms with van der Waals surface area (Å²) < 4.78 is 1.35. The third-order valence-corrected chi connectivity index (χ3v) is 3.42. The molecule has 0 saturated carbocycles. The first-order valence-corrected chi connectivity index (χ1v) is 7.60. The highest BCUT2D eigenvalue weighted by molar-refractivity contribution is 14.1. The number of hydrogen-bond acceptors (Lipinski definition) is 2. The molecular weight excluding hydrogens is 490 g/mol. The van der Waals surface area contributed by atoms with E-state index in [1.54, 1.807) is 29.8 Å². The van der Waals surface area contributed by atoms with Crippen LogP contribution in [0.25, 0.3) is 0 Å². The lowest BCUT2D eigenvalue weighted by Crippen LogP contribution is -2.30. The Morgan fingerprint density at radius 1 is 1.45 bits per heavy atom. The number of terminal acetylenes is 1. The highest BCUT2D eigenvalue weighted by atomic mass is 127. The molecule has 0 aromatic rings. The Morgan fingerprint density at radius 3 is 2.25 bits per heavy atom. The summed E-state index contributed by atoms with van der Waals surface area (Å²) in [6.07, 6.45) is 2.81. The Labute approximate surface area is 146 Å². The molecule has 0 heterocycles. The molecule has 2 unspecified atom stereocenters. The van der Waals surface area contributed by atoms with E-state index in [1.807, 2.05) is 6.92 Å². The molecule has 0 aliphatic carbocycles. The molecule has 0 bridgehead atoms. The lowest BCUT2D eigenvalue weighted by atomic mass is 10.1. The first kappa shape index (κ1) is 21.4. The molecule has 0 aliphatic heterocycles. The highest BCUT2D eigenvalue weighted by Crippen LogP contribution is 2.10. The van der Waals surface area contributed by atoms with Crippen LogP contribution < -0.4 is 5.32 Å². The van der Waals surface area contributed by atoms with E-state index in [1.165, 1.54) is 0 Å². The molecule has 0 radical (unpaired) electrons. The van der Waals surface area contributed by atoms with Gasteiger partial charge in [0.05, 0.1) is 29.4 Å². The van der Waals surface area contributed by atoms with Gasteiger partial charge >= 0.3 is 12.2 Å². The number of carboxylic acid groups (broad SMARTS) is 2. The lowest BCUT2D eigenvalue weighted by molar-refractivity contribution is 0.182. The molecule has 2 amide bonds. The SMILES string of the molecule is C#CCN(I)C(=O)O.CC#CC(CNC(=O)O)C(C)I. The number of nitrogens with zero attached hydrogens (tertiary/aromatic N) is 1. The van der Waals surface area contributed by atoms with E-state index < -0.39 is 12.2 Å². The van der Waals surface area contributed by atoms with Gasteiger partial charge in [0.15, 0.2) is 0 Å². The molecule has 0 rings (SSSR count). The molecule has 112 valence electrons. The van der Waals surface area contributed by atoms with Gasteiger partial charge in [0.25, 0.3) is 0 Å². The van der Waals surface area contributed by atoms with Crippen molar-refractivity contribution in [2.24, 2.45) is 5.92 Å². The minimum atomic E-state index is -1.01. The molecule has 2 atom stereocenters. The van der Waals surface area contributed by atoms with E-state index in [2.05, 4.69) is 45.7 Å². The predicted molar refractivity (Wildman–Crippen MR) is 94.0 cm³/mol. The van der Waals surface area contributed by atoms with Crippen LogP contribution in [0.3, 0.4) is 0 Å². The van der Waals surface area contributed by atoms with Crippen molar-refractivity contribution in [3.8, 4) is 24.2 Å². The van der Waals surface area contributed by atoms with Crippen molar-refractivity contribution in [1.82, 2.24) is 8.43 Å². The minimum Gasteiger partial charge on any atom is -0.465 e. The number of amides is 2. The van der Waals surface area contributed by atoms with Gasteiger partial charge in [-0.05, 0) is 6.92 Å². The molecule has 0 spiro atoms. The van der Waals surface area contributed by atoms with E-state index >= 15 is 0 Å². The summed E-state index contributed by atoms with van der Waals surface area (Å²) in [6, 6.07) is 0. The average Bonchev–Trinajstić information content (AvgIpc) is 2.34. The molecule has 0 aliphatic rings. The fourth-order valence-electron chi connectivity index (χ4n) is 0.859. The van der Waals surface area contributed by atoms with Crippen LogP contribution in [-0.4, -0.2) is 42.5 Å². The Bertz CT molecular complexity index is 410. The van der Waals surface area contributed by atoms with Gasteiger partial charge in [-0.15, -0.1) is 12.3 Å². The fraction of sp³-hybridized carbons (Fsp3) is 0.500. The van der Waals surface area contributed by atoms with E-state index in [0.717, 1.165) is 3.11 Å². The first-order chi connectivity index (χ1) is 9.26. The van der Waals surface area contributed by atoms with Crippen LogP contribution in [0.2, 0.25) is 0 Å². The second kappa shape index (κ2) is 13.1. The minimum absolute atomic E-state index is 0.103. The van der Waals surface area contributed by atoms with E-state index in [-0.39, 0.29) is 12.5 Å². The Balaban J connectivity index is 0. The van der Waals surface area contributed by atoms with Gasteiger partial charge in [0, 0.05) is 16.4 Å². The Kier molecular flexibility index (Phi) is 14.1. The van der Waals surface area contributed by atoms with Crippen molar-refractivity contribution >= 4 is 57.6 Å². The summed E-state index contributed by atoms with van der Waals surface area (Å²) >= 11 is 3.86. The van der Waals surface area contributed by atoms with Gasteiger partial charge in [-0.1, -0.05) is 41.4 Å². The predicted octanol–water partition coefficient (Wildman–Crippen LogP) is 2.67. The van der Waals surface area contributed by atoms with Gasteiger partial charge < -0.3 is 15.5 Å². The highest BCUT2D eigenvalue weighted by Gasteiger charge is 2.11. The van der Waals surface area contributed by atoms with E-state index in [4.69, 9.17) is 16.6 Å². The molecule has 3 N–H and O–H groups in total. The maximum absolute atomic E-state index is 10.2. The molecular formula is C12H16I2N2O4. The molecule has 6 nitrogen and oxygen atoms in total. The smallest absolute Gasteiger partial charge is 0.417 e. The Hall–Kier alpha value is -0.880. The van der Waals surface area contributed by atoms with Crippen LogP contribution in [0.4, 0.5) is 9.59 Å². The molecule has 0 fully saturated rings. The summed E-state index contributed by atoms with van der Waals surface area (Å²) in [6.45, 7) is 4.31. The van der Waals surface area contributed by atoms with Crippen LogP contribution in [0.1, 0.15) is 13.8 Å². The number of rotatable bonds is 4. The van der Waals surface area contributed by atoms with Crippen molar-refractivity contribution in [3.05, 3.63) is 0 Å². The van der Waals surface area contributed by atoms with Crippen LogP contribution in [0, 0.1) is 30.1 Å². The van der Waals surface area contributed by atoms with E-state index in [0.29, 0.717) is 10.5 Å². The first-order valence-electron chi connectivity index (χ1n) is 5.39. The van der Waals surface area contributed by atoms with Gasteiger partial charge in [-0.3, -0.25) is 0 Å². The van der Waals surface area contributed by atoms with E-state index in [9.17, 15) is 9.59 Å². The molecule has 0 aromatic carbocycles. The van der Waals surface area contributed by atoms with Crippen LogP contribution in [0.15, 0.2) is 0 Å². The van der Waals surface area contributed by atoms with Gasteiger partial charge in [-0.2, -0.15) is 0 Å². The number of carbonyl (C=O) groups is 2. The van der Waals surface area contributed by atoms with Crippen LogP contribution in [0.5, 0.6) is 0 Å². The number of nitrogens with one attached hydrogen (secondary N) is 1. The van der Waals surface area contributed by atoms with Crippen molar-refractivity contribution < 1.29 is 19.8 Å². The van der Waals surface area contributed by atoms with Gasteiger partial charge in [0.2, 0.25) is 0 Å². The molecule has 8 heteroatoms. The third-order valence-electron chi connectivity index (χ3n) is 1.80. The third kappa shape index (κ3) is 13.5. The standard InChI is InChI=1S/C8H12INO2.C4H4INO2/c1-3-4-7(6(2)9)5-10-8(11)12;1-2-3-6(5)4(7)8/h6-7,10H,5H2,1-2H3,(H,11,12);1H,3H2,(H,7,8). The molecule has 0 aromatic heterocycles. The zero-order valence-corrected chi connectivity index (χ0v) is 15.4. The van der Waals surface area contributed by atoms with Gasteiger partial charge in [-0.25, -0.2) is 12.7 Å². The van der Waals surface area contributed by atoms with Crippen molar-refractivity contribution in [2.75, 3.05) is 13.1 Å². The normalized spacial score (nSPS) is 11.3. The van der Waals surface area contributed by atoms with Crippen molar-refractivity contribution in [2.45, 2.75) is 17.8 Å². The monoisotopic (exact) mass is 506 g/mol. The fourth-order valence-corrected chi connectivity index (χ4v) is 1.49. The number of halogens is 2. The zero-order valence-electron chi connectivity index (χ0n) is 11.1. The molecule has 0 saturated heterocycles. The topological polar surface area (TPSA) is 89.9 Å².